The van der Waals surface area contributed by atoms with E-state index in [0.29, 0.717) is 37.3 Å². The second-order valence-electron chi connectivity index (χ2n) is 6.48. The van der Waals surface area contributed by atoms with Crippen molar-refractivity contribution in [3.63, 3.8) is 0 Å². The Balaban J connectivity index is 1.83. The van der Waals surface area contributed by atoms with E-state index in [9.17, 15) is 18.4 Å². The third-order valence-electron chi connectivity index (χ3n) is 3.37. The molecule has 1 aromatic rings. The molecule has 0 atom stereocenters. The van der Waals surface area contributed by atoms with Crippen molar-refractivity contribution in [2.75, 3.05) is 18.4 Å². The van der Waals surface area contributed by atoms with Crippen molar-refractivity contribution < 1.29 is 23.1 Å². The predicted molar refractivity (Wildman–Crippen MR) is 84.0 cm³/mol. The molecular formula is C14H20F2N4O3S. The lowest BCUT2D eigenvalue weighted by atomic mass is 9.96. The van der Waals surface area contributed by atoms with Gasteiger partial charge in [0.05, 0.1) is 0 Å². The lowest BCUT2D eigenvalue weighted by molar-refractivity contribution is -0.121. The Morgan fingerprint density at radius 2 is 1.92 bits per heavy atom. The molecule has 2 amide bonds. The minimum atomic E-state index is -2.70. The number of ether oxygens (including phenoxy) is 1. The first-order chi connectivity index (χ1) is 11.2. The number of nitrogens with one attached hydrogen (secondary N) is 1. The number of rotatable bonds is 3. The molecule has 1 aliphatic rings. The molecule has 0 saturated carbocycles. The maximum Gasteiger partial charge on any atom is 0.410 e. The summed E-state index contributed by atoms with van der Waals surface area (Å²) >= 11 is 0.656. The van der Waals surface area contributed by atoms with Crippen LogP contribution in [0, 0.1) is 5.92 Å². The Hall–Kier alpha value is -1.84. The van der Waals surface area contributed by atoms with Crippen molar-refractivity contribution in [1.82, 2.24) is 15.1 Å². The molecule has 134 valence electrons. The van der Waals surface area contributed by atoms with Crippen LogP contribution in [0.25, 0.3) is 0 Å². The summed E-state index contributed by atoms with van der Waals surface area (Å²) in [5, 5.41) is 8.99. The van der Waals surface area contributed by atoms with Gasteiger partial charge < -0.3 is 15.0 Å². The van der Waals surface area contributed by atoms with Gasteiger partial charge in [-0.25, -0.2) is 13.6 Å². The number of carbonyl (C=O) groups excluding carboxylic acids is 2. The number of halogens is 2. The number of amides is 2. The number of likely N-dealkylation sites (tertiary alicyclic amines) is 1. The highest BCUT2D eigenvalue weighted by Crippen LogP contribution is 2.26. The van der Waals surface area contributed by atoms with Gasteiger partial charge in [0.25, 0.3) is 6.43 Å². The number of anilines is 1. The molecule has 24 heavy (non-hydrogen) atoms. The van der Waals surface area contributed by atoms with Crippen LogP contribution in [0.4, 0.5) is 18.7 Å². The van der Waals surface area contributed by atoms with E-state index in [1.807, 2.05) is 0 Å². The maximum atomic E-state index is 12.5. The van der Waals surface area contributed by atoms with Crippen LogP contribution in [0.15, 0.2) is 0 Å². The first kappa shape index (κ1) is 18.5. The van der Waals surface area contributed by atoms with Crippen molar-refractivity contribution in [3.05, 3.63) is 5.01 Å². The van der Waals surface area contributed by atoms with Crippen molar-refractivity contribution in [2.24, 2.45) is 5.92 Å². The topological polar surface area (TPSA) is 84.4 Å². The fourth-order valence-electron chi connectivity index (χ4n) is 2.23. The van der Waals surface area contributed by atoms with E-state index in [-0.39, 0.29) is 17.0 Å². The highest BCUT2D eigenvalue weighted by atomic mass is 32.1. The molecule has 1 aliphatic heterocycles. The fourth-order valence-corrected chi connectivity index (χ4v) is 2.83. The molecule has 0 radical (unpaired) electrons. The molecular weight excluding hydrogens is 342 g/mol. The summed E-state index contributed by atoms with van der Waals surface area (Å²) < 4.78 is 30.2. The van der Waals surface area contributed by atoms with E-state index in [1.165, 1.54) is 0 Å². The third-order valence-corrected chi connectivity index (χ3v) is 4.22. The first-order valence-electron chi connectivity index (χ1n) is 7.56. The molecule has 0 aromatic carbocycles. The van der Waals surface area contributed by atoms with Gasteiger partial charge in [-0.15, -0.1) is 10.2 Å². The largest absolute Gasteiger partial charge is 0.444 e. The molecule has 0 bridgehead atoms. The Labute approximate surface area is 142 Å². The van der Waals surface area contributed by atoms with E-state index in [0.717, 1.165) is 0 Å². The number of piperidine rings is 1. The molecule has 2 rings (SSSR count). The number of nitrogens with zero attached hydrogens (tertiary/aromatic N) is 3. The number of hydrogen-bond donors (Lipinski definition) is 1. The Bertz CT molecular complexity index is 595. The van der Waals surface area contributed by atoms with Gasteiger partial charge in [0.2, 0.25) is 11.0 Å². The quantitative estimate of drug-likeness (QED) is 0.893. The van der Waals surface area contributed by atoms with Gasteiger partial charge in [0.15, 0.2) is 5.01 Å². The number of carbonyl (C=O) groups is 2. The highest BCUT2D eigenvalue weighted by Gasteiger charge is 2.30. The smallest absolute Gasteiger partial charge is 0.410 e. The summed E-state index contributed by atoms with van der Waals surface area (Å²) in [7, 11) is 0. The summed E-state index contributed by atoms with van der Waals surface area (Å²) in [6.45, 7) is 6.19. The molecule has 0 spiro atoms. The summed E-state index contributed by atoms with van der Waals surface area (Å²) in [5.41, 5.74) is -0.564. The zero-order chi connectivity index (χ0) is 17.9. The lowest BCUT2D eigenvalue weighted by Crippen LogP contribution is -2.43. The summed E-state index contributed by atoms with van der Waals surface area (Å²) in [6, 6.07) is 0. The number of aromatic nitrogens is 2. The minimum Gasteiger partial charge on any atom is -0.444 e. The van der Waals surface area contributed by atoms with Crippen LogP contribution in [0.2, 0.25) is 0 Å². The zero-order valence-corrected chi connectivity index (χ0v) is 14.5. The molecule has 10 heteroatoms. The van der Waals surface area contributed by atoms with E-state index < -0.39 is 23.1 Å². The van der Waals surface area contributed by atoms with Crippen molar-refractivity contribution >= 4 is 28.5 Å². The summed E-state index contributed by atoms with van der Waals surface area (Å²) in [4.78, 5) is 25.7. The second kappa shape index (κ2) is 7.37. The SMILES string of the molecule is CC(C)(C)OC(=O)N1CCC(C(=O)Nc2nnc(C(F)F)s2)CC1. The average molecular weight is 362 g/mol. The molecule has 1 N–H and O–H groups in total. The van der Waals surface area contributed by atoms with Gasteiger partial charge in [-0.1, -0.05) is 11.3 Å². The monoisotopic (exact) mass is 362 g/mol. The molecule has 1 fully saturated rings. The molecule has 0 unspecified atom stereocenters. The Morgan fingerprint density at radius 3 is 2.42 bits per heavy atom. The van der Waals surface area contributed by atoms with E-state index >= 15 is 0 Å². The van der Waals surface area contributed by atoms with Gasteiger partial charge in [-0.05, 0) is 33.6 Å². The normalized spacial score (nSPS) is 16.3. The lowest BCUT2D eigenvalue weighted by Gasteiger charge is -2.32. The second-order valence-corrected chi connectivity index (χ2v) is 7.49. The number of hydrogen-bond acceptors (Lipinski definition) is 6. The van der Waals surface area contributed by atoms with Gasteiger partial charge >= 0.3 is 6.09 Å². The maximum absolute atomic E-state index is 12.5. The van der Waals surface area contributed by atoms with Crippen LogP contribution >= 0.6 is 11.3 Å². The van der Waals surface area contributed by atoms with Crippen LogP contribution in [0.3, 0.4) is 0 Å². The standard InChI is InChI=1S/C14H20F2N4O3S/c1-14(2,3)23-13(22)20-6-4-8(5-7-20)10(21)17-12-19-18-11(24-12)9(15)16/h8-9H,4-7H2,1-3H3,(H,17,19,21). The number of alkyl halides is 2. The van der Waals surface area contributed by atoms with Crippen LogP contribution < -0.4 is 5.32 Å². The van der Waals surface area contributed by atoms with E-state index in [2.05, 4.69) is 15.5 Å². The molecule has 1 aromatic heterocycles. The van der Waals surface area contributed by atoms with Crippen LogP contribution in [0.1, 0.15) is 45.0 Å². The van der Waals surface area contributed by atoms with Gasteiger partial charge in [0.1, 0.15) is 5.60 Å². The van der Waals surface area contributed by atoms with Gasteiger partial charge in [-0.3, -0.25) is 4.79 Å². The zero-order valence-electron chi connectivity index (χ0n) is 13.7. The summed E-state index contributed by atoms with van der Waals surface area (Å²) in [5.74, 6) is -0.599. The van der Waals surface area contributed by atoms with Gasteiger partial charge in [-0.2, -0.15) is 0 Å². The van der Waals surface area contributed by atoms with Crippen molar-refractivity contribution in [3.8, 4) is 0 Å². The van der Waals surface area contributed by atoms with Gasteiger partial charge in [0, 0.05) is 19.0 Å². The molecule has 2 heterocycles. The van der Waals surface area contributed by atoms with Crippen LogP contribution in [-0.4, -0.2) is 45.8 Å². The molecule has 7 nitrogen and oxygen atoms in total. The van der Waals surface area contributed by atoms with E-state index in [1.54, 1.807) is 25.7 Å². The van der Waals surface area contributed by atoms with Crippen molar-refractivity contribution in [2.45, 2.75) is 45.6 Å². The molecule has 0 aliphatic carbocycles. The van der Waals surface area contributed by atoms with Crippen molar-refractivity contribution in [1.29, 1.82) is 0 Å². The Morgan fingerprint density at radius 1 is 1.29 bits per heavy atom. The summed E-state index contributed by atoms with van der Waals surface area (Å²) in [6.07, 6.45) is -2.14. The third kappa shape index (κ3) is 5.08. The highest BCUT2D eigenvalue weighted by molar-refractivity contribution is 7.15. The molecule has 1 saturated heterocycles. The van der Waals surface area contributed by atoms with Crippen LogP contribution in [-0.2, 0) is 9.53 Å². The predicted octanol–water partition coefficient (Wildman–Crippen LogP) is 3.06. The van der Waals surface area contributed by atoms with E-state index in [4.69, 9.17) is 4.74 Å². The van der Waals surface area contributed by atoms with Crippen LogP contribution in [0.5, 0.6) is 0 Å². The Kier molecular flexibility index (Phi) is 5.68. The fraction of sp³-hybridized carbons (Fsp3) is 0.714. The average Bonchev–Trinajstić information content (AvgIpc) is 2.94. The minimum absolute atomic E-state index is 0.0601. The first-order valence-corrected chi connectivity index (χ1v) is 8.37.